The lowest BCUT2D eigenvalue weighted by molar-refractivity contribution is 0.0922. The molecule has 0 saturated heterocycles. The maximum Gasteiger partial charge on any atom is 0.291 e. The predicted molar refractivity (Wildman–Crippen MR) is 104 cm³/mol. The average Bonchev–Trinajstić information content (AvgIpc) is 3.00. The van der Waals surface area contributed by atoms with Crippen molar-refractivity contribution in [3.8, 4) is 0 Å². The average molecular weight is 395 g/mol. The van der Waals surface area contributed by atoms with Crippen LogP contribution in [0.3, 0.4) is 0 Å². The number of nitrogens with one attached hydrogen (secondary N) is 1. The topological polar surface area (TPSA) is 98.2 Å². The Morgan fingerprint density at radius 2 is 2.12 bits per heavy atom. The highest BCUT2D eigenvalue weighted by atomic mass is 35.5. The van der Waals surface area contributed by atoms with Gasteiger partial charge < -0.3 is 11.1 Å². The van der Waals surface area contributed by atoms with Crippen molar-refractivity contribution in [2.24, 2.45) is 0 Å². The number of nitrogens with zero attached hydrogens (tertiary/aromatic N) is 4. The van der Waals surface area contributed by atoms with Gasteiger partial charge in [-0.15, -0.1) is 29.9 Å². The molecule has 0 fully saturated rings. The van der Waals surface area contributed by atoms with Gasteiger partial charge in [-0.2, -0.15) is 4.98 Å². The third kappa shape index (κ3) is 3.59. The molecule has 0 spiro atoms. The molecule has 1 amide bonds. The summed E-state index contributed by atoms with van der Waals surface area (Å²) in [5, 5.41) is 7.30. The summed E-state index contributed by atoms with van der Waals surface area (Å²) in [7, 11) is 0. The molecule has 0 saturated carbocycles. The summed E-state index contributed by atoms with van der Waals surface area (Å²) in [5.41, 5.74) is 9.82. The molecule has 1 aliphatic carbocycles. The number of carbonyl (C=O) groups is 1. The lowest BCUT2D eigenvalue weighted by atomic mass is 9.87. The first-order chi connectivity index (χ1) is 11.6. The number of nitrogen functional groups attached to an aromatic ring is 1. The second-order valence-electron chi connectivity index (χ2n) is 6.11. The Morgan fingerprint density at radius 1 is 1.31 bits per heavy atom. The Labute approximate surface area is 163 Å². The van der Waals surface area contributed by atoms with E-state index in [0.717, 1.165) is 36.2 Å². The number of nitrogens with two attached hydrogens (primary N) is 1. The molecule has 9 heteroatoms. The molecule has 3 aromatic rings. The number of amides is 1. The quantitative estimate of drug-likeness (QED) is 0.650. The van der Waals surface area contributed by atoms with Crippen LogP contribution in [0.1, 0.15) is 46.3 Å². The zero-order chi connectivity index (χ0) is 16.7. The van der Waals surface area contributed by atoms with E-state index in [1.807, 2.05) is 31.2 Å². The molecule has 4 rings (SSSR count). The molecule has 7 nitrogen and oxygen atoms in total. The van der Waals surface area contributed by atoms with Crippen LogP contribution in [0.15, 0.2) is 30.5 Å². The Balaban J connectivity index is 0.00000121. The molecule has 2 heterocycles. The van der Waals surface area contributed by atoms with Gasteiger partial charge in [0.1, 0.15) is 0 Å². The van der Waals surface area contributed by atoms with Crippen molar-refractivity contribution in [2.75, 3.05) is 5.73 Å². The third-order valence-electron chi connectivity index (χ3n) is 4.42. The highest BCUT2D eigenvalue weighted by Crippen LogP contribution is 2.31. The van der Waals surface area contributed by atoms with Crippen LogP contribution >= 0.6 is 24.8 Å². The van der Waals surface area contributed by atoms with Gasteiger partial charge in [0.2, 0.25) is 5.82 Å². The summed E-state index contributed by atoms with van der Waals surface area (Å²) in [6.45, 7) is 1.90. The van der Waals surface area contributed by atoms with Crippen LogP contribution in [0, 0.1) is 6.92 Å². The number of hydrogen-bond donors (Lipinski definition) is 2. The van der Waals surface area contributed by atoms with Gasteiger partial charge in [-0.3, -0.25) is 4.79 Å². The number of halogens is 2. The van der Waals surface area contributed by atoms with Gasteiger partial charge in [0, 0.05) is 17.6 Å². The Hall–Kier alpha value is -2.38. The van der Waals surface area contributed by atoms with Crippen LogP contribution in [0.25, 0.3) is 5.78 Å². The minimum atomic E-state index is -0.283. The van der Waals surface area contributed by atoms with Crippen LogP contribution in [0.5, 0.6) is 0 Å². The maximum atomic E-state index is 12.6. The van der Waals surface area contributed by atoms with Crippen molar-refractivity contribution < 1.29 is 4.79 Å². The summed E-state index contributed by atoms with van der Waals surface area (Å²) in [4.78, 5) is 20.9. The summed E-state index contributed by atoms with van der Waals surface area (Å²) < 4.78 is 1.57. The summed E-state index contributed by atoms with van der Waals surface area (Å²) in [6, 6.07) is 7.65. The number of hydrogen-bond acceptors (Lipinski definition) is 5. The van der Waals surface area contributed by atoms with E-state index in [4.69, 9.17) is 5.73 Å². The fraction of sp³-hybridized carbons (Fsp3) is 0.294. The van der Waals surface area contributed by atoms with Crippen molar-refractivity contribution in [1.82, 2.24) is 24.9 Å². The fourth-order valence-electron chi connectivity index (χ4n) is 3.21. The maximum absolute atomic E-state index is 12.6. The molecule has 138 valence electrons. The number of aryl methyl sites for hydroxylation is 2. The molecule has 1 aliphatic rings. The van der Waals surface area contributed by atoms with Gasteiger partial charge in [-0.25, -0.2) is 9.50 Å². The molecule has 1 atom stereocenters. The van der Waals surface area contributed by atoms with E-state index in [1.165, 1.54) is 5.56 Å². The standard InChI is InChI=1S/C17H18N6O.2ClH/c1-10-7-8-19-17-21-15(22-23(10)17)16(24)20-14-4-2-3-11-9-12(18)5-6-13(11)14;;/h5-9,14H,2-4,18H2,1H3,(H,20,24);2*1H. The predicted octanol–water partition coefficient (Wildman–Crippen LogP) is 2.67. The Morgan fingerprint density at radius 3 is 2.88 bits per heavy atom. The molecule has 0 bridgehead atoms. The number of fused-ring (bicyclic) bond motifs is 2. The van der Waals surface area contributed by atoms with Crippen molar-refractivity contribution in [2.45, 2.75) is 32.2 Å². The van der Waals surface area contributed by atoms with E-state index in [9.17, 15) is 4.79 Å². The van der Waals surface area contributed by atoms with E-state index in [2.05, 4.69) is 20.4 Å². The highest BCUT2D eigenvalue weighted by Gasteiger charge is 2.24. The normalized spacial score (nSPS) is 15.5. The first-order valence-corrected chi connectivity index (χ1v) is 7.99. The van der Waals surface area contributed by atoms with Gasteiger partial charge >= 0.3 is 0 Å². The van der Waals surface area contributed by atoms with Crippen LogP contribution in [-0.2, 0) is 6.42 Å². The molecule has 26 heavy (non-hydrogen) atoms. The van der Waals surface area contributed by atoms with Crippen LogP contribution < -0.4 is 11.1 Å². The van der Waals surface area contributed by atoms with Gasteiger partial charge in [0.25, 0.3) is 11.7 Å². The molecule has 1 unspecified atom stereocenters. The zero-order valence-corrected chi connectivity index (χ0v) is 15.8. The van der Waals surface area contributed by atoms with Gasteiger partial charge in [0.05, 0.1) is 6.04 Å². The lowest BCUT2D eigenvalue weighted by Crippen LogP contribution is -2.31. The monoisotopic (exact) mass is 394 g/mol. The van der Waals surface area contributed by atoms with E-state index in [-0.39, 0.29) is 42.6 Å². The second-order valence-corrected chi connectivity index (χ2v) is 6.11. The van der Waals surface area contributed by atoms with Gasteiger partial charge in [-0.1, -0.05) is 6.07 Å². The molecular formula is C17H20Cl2N6O. The minimum Gasteiger partial charge on any atom is -0.399 e. The first kappa shape index (κ1) is 19.9. The Bertz CT molecular complexity index is 942. The molecule has 0 aliphatic heterocycles. The van der Waals surface area contributed by atoms with Crippen molar-refractivity contribution in [1.29, 1.82) is 0 Å². The Kier molecular flexibility index (Phi) is 6.05. The third-order valence-corrected chi connectivity index (χ3v) is 4.42. The van der Waals surface area contributed by atoms with Gasteiger partial charge in [-0.05, 0) is 55.5 Å². The van der Waals surface area contributed by atoms with Crippen LogP contribution in [-0.4, -0.2) is 25.5 Å². The second kappa shape index (κ2) is 7.88. The molecular weight excluding hydrogens is 375 g/mol. The summed E-state index contributed by atoms with van der Waals surface area (Å²) in [6.07, 6.45) is 4.55. The van der Waals surface area contributed by atoms with Crippen molar-refractivity contribution >= 4 is 42.2 Å². The number of aromatic nitrogens is 4. The minimum absolute atomic E-state index is 0. The SMILES string of the molecule is Cc1ccnc2nc(C(=O)NC3CCCc4cc(N)ccc43)nn12.Cl.Cl. The highest BCUT2D eigenvalue weighted by molar-refractivity contribution is 5.91. The number of carbonyl (C=O) groups excluding carboxylic acids is 1. The zero-order valence-electron chi connectivity index (χ0n) is 14.2. The fourth-order valence-corrected chi connectivity index (χ4v) is 3.21. The summed E-state index contributed by atoms with van der Waals surface area (Å²) >= 11 is 0. The van der Waals surface area contributed by atoms with E-state index in [0.29, 0.717) is 5.78 Å². The first-order valence-electron chi connectivity index (χ1n) is 7.99. The van der Waals surface area contributed by atoms with Crippen LogP contribution in [0.2, 0.25) is 0 Å². The van der Waals surface area contributed by atoms with Crippen LogP contribution in [0.4, 0.5) is 5.69 Å². The number of rotatable bonds is 2. The molecule has 3 N–H and O–H groups in total. The van der Waals surface area contributed by atoms with E-state index in [1.54, 1.807) is 10.7 Å². The number of anilines is 1. The largest absolute Gasteiger partial charge is 0.399 e. The lowest BCUT2D eigenvalue weighted by Gasteiger charge is -2.26. The van der Waals surface area contributed by atoms with Crippen molar-refractivity contribution in [3.63, 3.8) is 0 Å². The molecule has 2 aromatic heterocycles. The molecule has 1 aromatic carbocycles. The summed E-state index contributed by atoms with van der Waals surface area (Å²) in [5.74, 6) is 0.283. The van der Waals surface area contributed by atoms with Gasteiger partial charge in [0.15, 0.2) is 0 Å². The van der Waals surface area contributed by atoms with Crippen molar-refractivity contribution in [3.05, 3.63) is 53.1 Å². The smallest absolute Gasteiger partial charge is 0.291 e. The molecule has 0 radical (unpaired) electrons. The van der Waals surface area contributed by atoms with E-state index >= 15 is 0 Å². The number of benzene rings is 1. The van der Waals surface area contributed by atoms with E-state index < -0.39 is 0 Å².